The minimum atomic E-state index is 0.195. The number of aryl methyl sites for hydroxylation is 1. The third-order valence-electron chi connectivity index (χ3n) is 1.58. The van der Waals surface area contributed by atoms with Crippen molar-refractivity contribution >= 4 is 0 Å². The lowest BCUT2D eigenvalue weighted by Gasteiger charge is -2.16. The minimum absolute atomic E-state index is 0.195. The monoisotopic (exact) mass is 138 g/mol. The summed E-state index contributed by atoms with van der Waals surface area (Å²) in [5.41, 5.74) is 2.67. The van der Waals surface area contributed by atoms with Gasteiger partial charge in [0.15, 0.2) is 0 Å². The van der Waals surface area contributed by atoms with Gasteiger partial charge in [0.25, 0.3) is 0 Å². The molecule has 0 aliphatic rings. The second kappa shape index (κ2) is 2.11. The highest BCUT2D eigenvalue weighted by molar-refractivity contribution is 5.21. The molecule has 1 heterocycles. The maximum absolute atomic E-state index is 3.96. The number of hydrogen-bond acceptors (Lipinski definition) is 1. The van der Waals surface area contributed by atoms with Crippen molar-refractivity contribution in [3.05, 3.63) is 17.5 Å². The van der Waals surface area contributed by atoms with Crippen LogP contribution < -0.4 is 0 Å². The van der Waals surface area contributed by atoms with Crippen molar-refractivity contribution in [3.63, 3.8) is 0 Å². The van der Waals surface area contributed by atoms with E-state index in [-0.39, 0.29) is 5.41 Å². The largest absolute Gasteiger partial charge is 0.282 e. The Morgan fingerprint density at radius 3 is 2.20 bits per heavy atom. The Morgan fingerprint density at radius 2 is 2.00 bits per heavy atom. The molecule has 1 N–H and O–H groups in total. The van der Waals surface area contributed by atoms with Gasteiger partial charge >= 0.3 is 0 Å². The van der Waals surface area contributed by atoms with Crippen molar-refractivity contribution in [1.29, 1.82) is 0 Å². The molecule has 0 atom stereocenters. The lowest BCUT2D eigenvalue weighted by atomic mass is 9.90. The van der Waals surface area contributed by atoms with Crippen molar-refractivity contribution in [2.24, 2.45) is 0 Å². The van der Waals surface area contributed by atoms with Gasteiger partial charge in [-0.25, -0.2) is 0 Å². The Labute approximate surface area is 61.7 Å². The van der Waals surface area contributed by atoms with E-state index in [4.69, 9.17) is 0 Å². The highest BCUT2D eigenvalue weighted by Crippen LogP contribution is 2.21. The van der Waals surface area contributed by atoms with Crippen LogP contribution in [-0.2, 0) is 5.41 Å². The molecule has 0 bridgehead atoms. The van der Waals surface area contributed by atoms with Crippen LogP contribution in [0.5, 0.6) is 0 Å². The van der Waals surface area contributed by atoms with E-state index >= 15 is 0 Å². The van der Waals surface area contributed by atoms with Gasteiger partial charge in [0.05, 0.1) is 6.20 Å². The van der Waals surface area contributed by atoms with Gasteiger partial charge in [-0.1, -0.05) is 20.8 Å². The lowest BCUT2D eigenvalue weighted by Crippen LogP contribution is -2.12. The molecule has 0 radical (unpaired) electrons. The zero-order valence-corrected chi connectivity index (χ0v) is 7.02. The molecule has 1 aromatic rings. The fourth-order valence-corrected chi connectivity index (χ4v) is 1.11. The van der Waals surface area contributed by atoms with Crippen molar-refractivity contribution in [3.8, 4) is 0 Å². The van der Waals surface area contributed by atoms with Crippen molar-refractivity contribution in [2.45, 2.75) is 33.1 Å². The van der Waals surface area contributed by atoms with Crippen LogP contribution in [0.4, 0.5) is 0 Å². The second-order valence-electron chi connectivity index (χ2n) is 3.68. The number of H-pyrrole nitrogens is 1. The summed E-state index contributed by atoms with van der Waals surface area (Å²) >= 11 is 0. The predicted octanol–water partition coefficient (Wildman–Crippen LogP) is 2.02. The predicted molar refractivity (Wildman–Crippen MR) is 42.0 cm³/mol. The molecule has 0 amide bonds. The van der Waals surface area contributed by atoms with Crippen LogP contribution in [-0.4, -0.2) is 10.2 Å². The van der Waals surface area contributed by atoms with Crippen molar-refractivity contribution < 1.29 is 0 Å². The van der Waals surface area contributed by atoms with Crippen LogP contribution in [0.25, 0.3) is 0 Å². The van der Waals surface area contributed by atoms with Crippen molar-refractivity contribution in [1.82, 2.24) is 10.2 Å². The molecule has 10 heavy (non-hydrogen) atoms. The van der Waals surface area contributed by atoms with Crippen LogP contribution in [0, 0.1) is 6.92 Å². The van der Waals surface area contributed by atoms with Gasteiger partial charge in [-0.2, -0.15) is 5.10 Å². The molecule has 0 aliphatic carbocycles. The van der Waals surface area contributed by atoms with Gasteiger partial charge in [-0.05, 0) is 12.5 Å². The van der Waals surface area contributed by atoms with Gasteiger partial charge in [0, 0.05) is 11.1 Å². The summed E-state index contributed by atoms with van der Waals surface area (Å²) in [6.45, 7) is 8.60. The molecule has 0 fully saturated rings. The van der Waals surface area contributed by atoms with Gasteiger partial charge in [0.2, 0.25) is 0 Å². The molecule has 1 rings (SSSR count). The summed E-state index contributed by atoms with van der Waals surface area (Å²) in [6, 6.07) is 0. The smallest absolute Gasteiger partial charge is 0.0519 e. The summed E-state index contributed by atoms with van der Waals surface area (Å²) in [4.78, 5) is 0. The first-order valence-corrected chi connectivity index (χ1v) is 3.52. The zero-order valence-electron chi connectivity index (χ0n) is 7.02. The molecule has 56 valence electrons. The molecule has 1 aromatic heterocycles. The summed E-state index contributed by atoms with van der Waals surface area (Å²) in [5.74, 6) is 0. The topological polar surface area (TPSA) is 28.7 Å². The molecule has 0 saturated heterocycles. The van der Waals surface area contributed by atoms with Crippen LogP contribution >= 0.6 is 0 Å². The Bertz CT molecular complexity index is 217. The van der Waals surface area contributed by atoms with Crippen LogP contribution in [0.15, 0.2) is 6.20 Å². The highest BCUT2D eigenvalue weighted by atomic mass is 15.1. The SMILES string of the molecule is Cc1cn[nH]c1C(C)(C)C. The molecule has 0 aliphatic heterocycles. The summed E-state index contributed by atoms with van der Waals surface area (Å²) in [7, 11) is 0. The fraction of sp³-hybridized carbons (Fsp3) is 0.625. The number of nitrogens with one attached hydrogen (secondary N) is 1. The zero-order chi connectivity index (χ0) is 7.78. The van der Waals surface area contributed by atoms with E-state index in [1.165, 1.54) is 11.3 Å². The average Bonchev–Trinajstić information content (AvgIpc) is 2.11. The van der Waals surface area contributed by atoms with Gasteiger partial charge in [0.1, 0.15) is 0 Å². The molecule has 0 aromatic carbocycles. The Kier molecular flexibility index (Phi) is 1.55. The molecule has 0 spiro atoms. The summed E-state index contributed by atoms with van der Waals surface area (Å²) in [6.07, 6.45) is 1.86. The third-order valence-corrected chi connectivity index (χ3v) is 1.58. The Balaban J connectivity index is 3.05. The van der Waals surface area contributed by atoms with Gasteiger partial charge < -0.3 is 0 Å². The molecule has 2 nitrogen and oxygen atoms in total. The van der Waals surface area contributed by atoms with Crippen LogP contribution in [0.1, 0.15) is 32.0 Å². The first-order valence-electron chi connectivity index (χ1n) is 3.52. The third kappa shape index (κ3) is 1.20. The number of rotatable bonds is 0. The molecule has 0 unspecified atom stereocenters. The number of aromatic amines is 1. The fourth-order valence-electron chi connectivity index (χ4n) is 1.11. The maximum atomic E-state index is 3.96. The number of hydrogen-bond donors (Lipinski definition) is 1. The normalized spacial score (nSPS) is 12.0. The number of aromatic nitrogens is 2. The van der Waals surface area contributed by atoms with Crippen LogP contribution in [0.2, 0.25) is 0 Å². The van der Waals surface area contributed by atoms with Gasteiger partial charge in [-0.3, -0.25) is 5.10 Å². The van der Waals surface area contributed by atoms with E-state index in [0.29, 0.717) is 0 Å². The van der Waals surface area contributed by atoms with Crippen LogP contribution in [0.3, 0.4) is 0 Å². The summed E-state index contributed by atoms with van der Waals surface area (Å²) in [5, 5.41) is 6.96. The lowest BCUT2D eigenvalue weighted by molar-refractivity contribution is 0.563. The molecular formula is C8H14N2. The van der Waals surface area contributed by atoms with E-state index in [1.807, 2.05) is 6.20 Å². The van der Waals surface area contributed by atoms with Gasteiger partial charge in [-0.15, -0.1) is 0 Å². The minimum Gasteiger partial charge on any atom is -0.282 e. The first-order chi connectivity index (χ1) is 4.52. The quantitative estimate of drug-likeness (QED) is 0.583. The van der Waals surface area contributed by atoms with E-state index < -0.39 is 0 Å². The standard InChI is InChI=1S/C8H14N2/c1-6-5-9-10-7(6)8(2,3)4/h5H,1-4H3,(H,9,10). The average molecular weight is 138 g/mol. The van der Waals surface area contributed by atoms with E-state index in [1.54, 1.807) is 0 Å². The maximum Gasteiger partial charge on any atom is 0.0519 e. The summed E-state index contributed by atoms with van der Waals surface area (Å²) < 4.78 is 0. The van der Waals surface area contributed by atoms with E-state index in [2.05, 4.69) is 37.9 Å². The Morgan fingerprint density at radius 1 is 1.40 bits per heavy atom. The molecular weight excluding hydrogens is 124 g/mol. The second-order valence-corrected chi connectivity index (χ2v) is 3.68. The molecule has 0 saturated carbocycles. The first kappa shape index (κ1) is 7.32. The van der Waals surface area contributed by atoms with E-state index in [9.17, 15) is 0 Å². The Hall–Kier alpha value is -0.790. The van der Waals surface area contributed by atoms with E-state index in [0.717, 1.165) is 0 Å². The van der Waals surface area contributed by atoms with Crippen molar-refractivity contribution in [2.75, 3.05) is 0 Å². The highest BCUT2D eigenvalue weighted by Gasteiger charge is 2.17. The number of nitrogens with zero attached hydrogens (tertiary/aromatic N) is 1. The molecule has 2 heteroatoms.